The number of hydrogen-bond acceptors (Lipinski definition) is 4. The Balaban J connectivity index is 2.46. The molecule has 0 aliphatic carbocycles. The number of hydrogen-bond donors (Lipinski definition) is 4. The average molecular weight is 473 g/mol. The Morgan fingerprint density at radius 2 is 1.68 bits per heavy atom. The smallest absolute Gasteiger partial charge is 0.335 e. The summed E-state index contributed by atoms with van der Waals surface area (Å²) >= 11 is 0. The number of carbonyl (C=O) groups is 1. The molecule has 0 unspecified atom stereocenters. The van der Waals surface area contributed by atoms with E-state index in [1.165, 1.54) is 34.9 Å². The van der Waals surface area contributed by atoms with Crippen LogP contribution in [-0.2, 0) is 6.42 Å². The molecule has 0 amide bonds. The Hall–Kier alpha value is -2.37. The van der Waals surface area contributed by atoms with Gasteiger partial charge in [0.1, 0.15) is 5.75 Å². The second-order valence-electron chi connectivity index (χ2n) is 9.72. The maximum atomic E-state index is 11.1. The molecule has 0 saturated carbocycles. The topological polar surface area (TPSA) is 98.0 Å². The summed E-state index contributed by atoms with van der Waals surface area (Å²) in [6.45, 7) is 10.0. The minimum Gasteiger partial charge on any atom is -0.508 e. The number of benzene rings is 1. The number of aliphatic hydroxyl groups is 2. The first-order chi connectivity index (χ1) is 16.0. The zero-order valence-corrected chi connectivity index (χ0v) is 21.6. The highest BCUT2D eigenvalue weighted by molar-refractivity contribution is 5.88. The van der Waals surface area contributed by atoms with Crippen molar-refractivity contribution in [3.63, 3.8) is 0 Å². The van der Waals surface area contributed by atoms with Gasteiger partial charge in [0.15, 0.2) is 0 Å². The Morgan fingerprint density at radius 1 is 1.03 bits per heavy atom. The molecule has 1 aromatic rings. The fourth-order valence-corrected chi connectivity index (χ4v) is 3.93. The molecule has 5 nitrogen and oxygen atoms in total. The molecule has 0 aromatic heterocycles. The zero-order valence-electron chi connectivity index (χ0n) is 21.6. The standard InChI is InChI=1S/C29H44O5/c1-6-9-21(2)12-8-19-29(5,34)27(31)18-14-23(4)11-7-10-22(3)13-15-24-20-25(28(32)33)16-17-26(24)30/h9,11,13,16-17,20,27,30-31,34H,6-8,10,12,14-15,18-19H2,1-5H3,(H,32,33)/b21-9-,22-13+,23-11+/t27-,29+/m0/s1. The number of phenolic OH excluding ortho intramolecular Hbond substituents is 1. The third-order valence-corrected chi connectivity index (χ3v) is 6.36. The molecule has 0 aliphatic rings. The molecule has 5 heteroatoms. The van der Waals surface area contributed by atoms with Gasteiger partial charge in [0, 0.05) is 0 Å². The monoisotopic (exact) mass is 472 g/mol. The molecule has 0 aliphatic heterocycles. The van der Waals surface area contributed by atoms with Crippen LogP contribution in [-0.4, -0.2) is 38.1 Å². The predicted molar refractivity (Wildman–Crippen MR) is 139 cm³/mol. The van der Waals surface area contributed by atoms with Crippen LogP contribution in [0.4, 0.5) is 0 Å². The lowest BCUT2D eigenvalue weighted by Gasteiger charge is -2.29. The van der Waals surface area contributed by atoms with E-state index >= 15 is 0 Å². The fourth-order valence-electron chi connectivity index (χ4n) is 3.93. The highest BCUT2D eigenvalue weighted by Gasteiger charge is 2.29. The summed E-state index contributed by atoms with van der Waals surface area (Å²) in [5, 5.41) is 40.2. The van der Waals surface area contributed by atoms with E-state index in [0.717, 1.165) is 38.5 Å². The van der Waals surface area contributed by atoms with Gasteiger partial charge in [-0.15, -0.1) is 0 Å². The number of carboxylic acids is 1. The Morgan fingerprint density at radius 3 is 2.32 bits per heavy atom. The normalized spacial score (nSPS) is 15.8. The summed E-state index contributed by atoms with van der Waals surface area (Å²) in [5.41, 5.74) is 3.39. The summed E-state index contributed by atoms with van der Waals surface area (Å²) in [6, 6.07) is 4.33. The van der Waals surface area contributed by atoms with Gasteiger partial charge in [0.05, 0.1) is 17.3 Å². The van der Waals surface area contributed by atoms with E-state index in [9.17, 15) is 20.1 Å². The Kier molecular flexibility index (Phi) is 12.9. The third kappa shape index (κ3) is 11.2. The maximum Gasteiger partial charge on any atom is 0.335 e. The molecule has 0 radical (unpaired) electrons. The molecular weight excluding hydrogens is 428 g/mol. The summed E-state index contributed by atoms with van der Waals surface area (Å²) in [6.07, 6.45) is 12.6. The second-order valence-corrected chi connectivity index (χ2v) is 9.72. The first-order valence-corrected chi connectivity index (χ1v) is 12.4. The molecule has 0 saturated heterocycles. The molecule has 1 aromatic carbocycles. The molecule has 4 N–H and O–H groups in total. The predicted octanol–water partition coefficient (Wildman–Crippen LogP) is 6.72. The molecule has 0 heterocycles. The van der Waals surface area contributed by atoms with Crippen LogP contribution in [0.2, 0.25) is 0 Å². The van der Waals surface area contributed by atoms with Crippen LogP contribution < -0.4 is 0 Å². The SMILES string of the molecule is CC/C=C(/C)CCC[C@@](C)(O)[C@@H](O)CC/C(C)=C/CC/C(C)=C/Cc1cc(C(=O)O)ccc1O. The van der Waals surface area contributed by atoms with Gasteiger partial charge >= 0.3 is 5.97 Å². The highest BCUT2D eigenvalue weighted by atomic mass is 16.4. The molecule has 0 bridgehead atoms. The number of carboxylic acid groups (broad SMARTS) is 1. The van der Waals surface area contributed by atoms with Crippen LogP contribution in [0.1, 0.15) is 102 Å². The van der Waals surface area contributed by atoms with Crippen molar-refractivity contribution in [2.45, 2.75) is 104 Å². The highest BCUT2D eigenvalue weighted by Crippen LogP contribution is 2.25. The van der Waals surface area contributed by atoms with Crippen molar-refractivity contribution in [3.05, 3.63) is 64.3 Å². The number of aromatic carboxylic acids is 1. The summed E-state index contributed by atoms with van der Waals surface area (Å²) < 4.78 is 0. The van der Waals surface area contributed by atoms with Gasteiger partial charge in [-0.25, -0.2) is 4.79 Å². The van der Waals surface area contributed by atoms with Gasteiger partial charge < -0.3 is 20.4 Å². The average Bonchev–Trinajstić information content (AvgIpc) is 2.76. The lowest BCUT2D eigenvalue weighted by atomic mass is 9.88. The maximum absolute atomic E-state index is 11.1. The van der Waals surface area contributed by atoms with E-state index in [4.69, 9.17) is 5.11 Å². The molecule has 0 spiro atoms. The largest absolute Gasteiger partial charge is 0.508 e. The number of aliphatic hydroxyl groups excluding tert-OH is 1. The quantitative estimate of drug-likeness (QED) is 0.212. The molecule has 2 atom stereocenters. The van der Waals surface area contributed by atoms with Crippen molar-refractivity contribution >= 4 is 5.97 Å². The summed E-state index contributed by atoms with van der Waals surface area (Å²) in [5.74, 6) is -0.903. The lowest BCUT2D eigenvalue weighted by Crippen LogP contribution is -2.39. The van der Waals surface area contributed by atoms with E-state index in [2.05, 4.69) is 32.9 Å². The van der Waals surface area contributed by atoms with Gasteiger partial charge in [0.2, 0.25) is 0 Å². The fraction of sp³-hybridized carbons (Fsp3) is 0.552. The van der Waals surface area contributed by atoms with Crippen LogP contribution in [0.3, 0.4) is 0 Å². The van der Waals surface area contributed by atoms with Crippen molar-refractivity contribution < 1.29 is 25.2 Å². The van der Waals surface area contributed by atoms with Crippen molar-refractivity contribution in [2.24, 2.45) is 0 Å². The zero-order chi connectivity index (χ0) is 25.7. The molecule has 190 valence electrons. The van der Waals surface area contributed by atoms with Gasteiger partial charge in [-0.05, 0) is 109 Å². The Bertz CT molecular complexity index is 877. The number of phenols is 1. The van der Waals surface area contributed by atoms with Crippen LogP contribution in [0.25, 0.3) is 0 Å². The van der Waals surface area contributed by atoms with Gasteiger partial charge in [0.25, 0.3) is 0 Å². The number of aromatic hydroxyl groups is 1. The third-order valence-electron chi connectivity index (χ3n) is 6.36. The van der Waals surface area contributed by atoms with E-state index < -0.39 is 17.7 Å². The van der Waals surface area contributed by atoms with Crippen LogP contribution in [0.15, 0.2) is 53.1 Å². The number of allylic oxidation sites excluding steroid dienone is 6. The molecular formula is C29H44O5. The lowest BCUT2D eigenvalue weighted by molar-refractivity contribution is -0.0707. The molecule has 1 rings (SSSR count). The van der Waals surface area contributed by atoms with E-state index in [-0.39, 0.29) is 11.3 Å². The van der Waals surface area contributed by atoms with Gasteiger partial charge in [-0.2, -0.15) is 0 Å². The van der Waals surface area contributed by atoms with E-state index in [0.29, 0.717) is 24.8 Å². The van der Waals surface area contributed by atoms with Crippen molar-refractivity contribution in [3.8, 4) is 5.75 Å². The molecule has 34 heavy (non-hydrogen) atoms. The van der Waals surface area contributed by atoms with Crippen LogP contribution >= 0.6 is 0 Å². The van der Waals surface area contributed by atoms with E-state index in [1.807, 2.05) is 13.0 Å². The Labute approximate surface area is 205 Å². The number of rotatable bonds is 15. The van der Waals surface area contributed by atoms with Gasteiger partial charge in [-0.1, -0.05) is 41.9 Å². The van der Waals surface area contributed by atoms with Crippen LogP contribution in [0.5, 0.6) is 5.75 Å². The first-order valence-electron chi connectivity index (χ1n) is 12.4. The van der Waals surface area contributed by atoms with Crippen molar-refractivity contribution in [2.75, 3.05) is 0 Å². The minimum absolute atomic E-state index is 0.104. The summed E-state index contributed by atoms with van der Waals surface area (Å²) in [7, 11) is 0. The van der Waals surface area contributed by atoms with Crippen molar-refractivity contribution in [1.29, 1.82) is 0 Å². The first kappa shape index (κ1) is 29.7. The minimum atomic E-state index is -1.07. The molecule has 0 fully saturated rings. The second kappa shape index (κ2) is 14.8. The van der Waals surface area contributed by atoms with Crippen molar-refractivity contribution in [1.82, 2.24) is 0 Å². The van der Waals surface area contributed by atoms with Crippen LogP contribution in [0, 0.1) is 0 Å². The van der Waals surface area contributed by atoms with Gasteiger partial charge in [-0.3, -0.25) is 0 Å². The van der Waals surface area contributed by atoms with E-state index in [1.54, 1.807) is 6.92 Å². The summed E-state index contributed by atoms with van der Waals surface area (Å²) in [4.78, 5) is 11.1.